The fourth-order valence-electron chi connectivity index (χ4n) is 3.60. The van der Waals surface area contributed by atoms with Gasteiger partial charge in [0.1, 0.15) is 5.75 Å². The zero-order valence-electron chi connectivity index (χ0n) is 18.5. The van der Waals surface area contributed by atoms with E-state index in [1.54, 1.807) is 12.1 Å². The van der Waals surface area contributed by atoms with Crippen LogP contribution in [0.15, 0.2) is 78.9 Å². The predicted octanol–water partition coefficient (Wildman–Crippen LogP) is 6.13. The number of carboxylic acid groups (broad SMARTS) is 1. The first-order chi connectivity index (χ1) is 16.4. The Hall–Kier alpha value is -4.03. The molecule has 0 unspecified atom stereocenters. The lowest BCUT2D eigenvalue weighted by atomic mass is 10.0. The van der Waals surface area contributed by atoms with Gasteiger partial charge in [0.05, 0.1) is 10.6 Å². The quantitative estimate of drug-likeness (QED) is 0.286. The highest BCUT2D eigenvalue weighted by Crippen LogP contribution is 2.30. The monoisotopic (exact) mass is 474 g/mol. The van der Waals surface area contributed by atoms with Crippen molar-refractivity contribution < 1.29 is 19.4 Å². The number of benzene rings is 4. The van der Waals surface area contributed by atoms with Crippen molar-refractivity contribution in [2.45, 2.75) is 13.5 Å². The Morgan fingerprint density at radius 2 is 1.68 bits per heavy atom. The van der Waals surface area contributed by atoms with E-state index in [9.17, 15) is 14.7 Å². The van der Waals surface area contributed by atoms with E-state index in [0.29, 0.717) is 23.7 Å². The van der Waals surface area contributed by atoms with Gasteiger partial charge in [0.15, 0.2) is 6.61 Å². The Morgan fingerprint density at radius 1 is 0.941 bits per heavy atom. The molecule has 0 aliphatic heterocycles. The standard InChI is InChI=1S/C27H23ClN2O4/c1-17-6-9-19(10-7-17)30-26(31)16-34-25-13-8-18-4-2-3-5-21(18)23(25)15-29-20-11-12-22(27(32)33)24(28)14-20/h2-14,29H,15-16H2,1H3,(H,30,31)(H,32,33). The topological polar surface area (TPSA) is 87.7 Å². The molecule has 0 radical (unpaired) electrons. The molecule has 0 saturated carbocycles. The fourth-order valence-corrected chi connectivity index (χ4v) is 3.86. The molecule has 0 aliphatic carbocycles. The van der Waals surface area contributed by atoms with Gasteiger partial charge >= 0.3 is 5.97 Å². The van der Waals surface area contributed by atoms with Crippen molar-refractivity contribution in [2.75, 3.05) is 17.2 Å². The molecule has 3 N–H and O–H groups in total. The van der Waals surface area contributed by atoms with Crippen molar-refractivity contribution in [1.82, 2.24) is 0 Å². The first-order valence-electron chi connectivity index (χ1n) is 10.7. The maximum absolute atomic E-state index is 12.4. The van der Waals surface area contributed by atoms with Crippen molar-refractivity contribution in [3.8, 4) is 5.75 Å². The molecule has 4 aromatic rings. The molecule has 6 nitrogen and oxygen atoms in total. The highest BCUT2D eigenvalue weighted by molar-refractivity contribution is 6.33. The van der Waals surface area contributed by atoms with E-state index in [2.05, 4.69) is 10.6 Å². The summed E-state index contributed by atoms with van der Waals surface area (Å²) < 4.78 is 5.91. The number of aryl methyl sites for hydroxylation is 1. The molecule has 34 heavy (non-hydrogen) atoms. The van der Waals surface area contributed by atoms with Crippen LogP contribution in [0.25, 0.3) is 10.8 Å². The third-order valence-electron chi connectivity index (χ3n) is 5.36. The zero-order chi connectivity index (χ0) is 24.1. The number of nitrogens with one attached hydrogen (secondary N) is 2. The summed E-state index contributed by atoms with van der Waals surface area (Å²) in [5, 5.41) is 17.5. The predicted molar refractivity (Wildman–Crippen MR) is 135 cm³/mol. The smallest absolute Gasteiger partial charge is 0.337 e. The summed E-state index contributed by atoms with van der Waals surface area (Å²) in [5.41, 5.74) is 3.41. The lowest BCUT2D eigenvalue weighted by Crippen LogP contribution is -2.20. The van der Waals surface area contributed by atoms with E-state index in [1.165, 1.54) is 6.07 Å². The minimum atomic E-state index is -1.08. The van der Waals surface area contributed by atoms with Crippen molar-refractivity contribution >= 4 is 45.6 Å². The molecule has 0 heterocycles. The van der Waals surface area contributed by atoms with Gasteiger partial charge in [0.25, 0.3) is 5.91 Å². The Balaban J connectivity index is 1.52. The number of amides is 1. The zero-order valence-corrected chi connectivity index (χ0v) is 19.2. The third kappa shape index (κ3) is 5.47. The molecule has 0 saturated heterocycles. The molecule has 4 aromatic carbocycles. The second-order valence-electron chi connectivity index (χ2n) is 7.82. The van der Waals surface area contributed by atoms with Crippen LogP contribution in [-0.4, -0.2) is 23.6 Å². The van der Waals surface area contributed by atoms with Crippen molar-refractivity contribution in [1.29, 1.82) is 0 Å². The first-order valence-corrected chi connectivity index (χ1v) is 11.0. The molecule has 0 bridgehead atoms. The lowest BCUT2D eigenvalue weighted by Gasteiger charge is -2.16. The molecule has 172 valence electrons. The van der Waals surface area contributed by atoms with Crippen LogP contribution < -0.4 is 15.4 Å². The van der Waals surface area contributed by atoms with Crippen LogP contribution >= 0.6 is 11.6 Å². The SMILES string of the molecule is Cc1ccc(NC(=O)COc2ccc3ccccc3c2CNc2ccc(C(=O)O)c(Cl)c2)cc1. The number of carboxylic acids is 1. The van der Waals surface area contributed by atoms with Crippen LogP contribution in [0.2, 0.25) is 5.02 Å². The van der Waals surface area contributed by atoms with Gasteiger partial charge in [-0.05, 0) is 54.1 Å². The average Bonchev–Trinajstić information content (AvgIpc) is 2.82. The van der Waals surface area contributed by atoms with Gasteiger partial charge in [0, 0.05) is 23.5 Å². The molecule has 0 aliphatic rings. The molecule has 7 heteroatoms. The van der Waals surface area contributed by atoms with Gasteiger partial charge in [-0.3, -0.25) is 4.79 Å². The molecular weight excluding hydrogens is 452 g/mol. The molecule has 0 spiro atoms. The summed E-state index contributed by atoms with van der Waals surface area (Å²) in [5.74, 6) is -0.754. The minimum absolute atomic E-state index is 0.0426. The highest BCUT2D eigenvalue weighted by Gasteiger charge is 2.13. The number of carbonyl (C=O) groups is 2. The number of halogens is 1. The first kappa shape index (κ1) is 23.1. The Morgan fingerprint density at radius 3 is 2.41 bits per heavy atom. The molecular formula is C27H23ClN2O4. The van der Waals surface area contributed by atoms with Crippen LogP contribution in [-0.2, 0) is 11.3 Å². The summed E-state index contributed by atoms with van der Waals surface area (Å²) in [6.07, 6.45) is 0. The van der Waals surface area contributed by atoms with E-state index in [1.807, 2.05) is 67.6 Å². The number of hydrogen-bond donors (Lipinski definition) is 3. The number of rotatable bonds is 8. The van der Waals surface area contributed by atoms with Gasteiger partial charge < -0.3 is 20.5 Å². The minimum Gasteiger partial charge on any atom is -0.483 e. The van der Waals surface area contributed by atoms with E-state index in [-0.39, 0.29) is 23.1 Å². The van der Waals surface area contributed by atoms with Crippen molar-refractivity contribution in [3.63, 3.8) is 0 Å². The van der Waals surface area contributed by atoms with Crippen LogP contribution in [0.3, 0.4) is 0 Å². The second kappa shape index (κ2) is 10.3. The largest absolute Gasteiger partial charge is 0.483 e. The van der Waals surface area contributed by atoms with Crippen LogP contribution in [0.1, 0.15) is 21.5 Å². The number of anilines is 2. The number of aromatic carboxylic acids is 1. The lowest BCUT2D eigenvalue weighted by molar-refractivity contribution is -0.118. The van der Waals surface area contributed by atoms with E-state index >= 15 is 0 Å². The summed E-state index contributed by atoms with van der Waals surface area (Å²) in [4.78, 5) is 23.6. The number of fused-ring (bicyclic) bond motifs is 1. The van der Waals surface area contributed by atoms with E-state index in [4.69, 9.17) is 16.3 Å². The third-order valence-corrected chi connectivity index (χ3v) is 5.67. The number of carbonyl (C=O) groups excluding carboxylic acids is 1. The van der Waals surface area contributed by atoms with Crippen molar-refractivity contribution in [2.24, 2.45) is 0 Å². The Labute approximate surface area is 202 Å². The summed E-state index contributed by atoms with van der Waals surface area (Å²) in [6.45, 7) is 2.23. The Bertz CT molecular complexity index is 1350. The van der Waals surface area contributed by atoms with Gasteiger partial charge in [-0.2, -0.15) is 0 Å². The van der Waals surface area contributed by atoms with Gasteiger partial charge in [-0.15, -0.1) is 0 Å². The van der Waals surface area contributed by atoms with Gasteiger partial charge in [0.2, 0.25) is 0 Å². The normalized spacial score (nSPS) is 10.6. The summed E-state index contributed by atoms with van der Waals surface area (Å²) in [6, 6.07) is 23.9. The van der Waals surface area contributed by atoms with E-state index < -0.39 is 5.97 Å². The van der Waals surface area contributed by atoms with Crippen LogP contribution in [0.4, 0.5) is 11.4 Å². The maximum Gasteiger partial charge on any atom is 0.337 e. The average molecular weight is 475 g/mol. The molecule has 1 amide bonds. The summed E-state index contributed by atoms with van der Waals surface area (Å²) >= 11 is 6.10. The summed E-state index contributed by atoms with van der Waals surface area (Å²) in [7, 11) is 0. The molecule has 0 aromatic heterocycles. The number of hydrogen-bond acceptors (Lipinski definition) is 4. The van der Waals surface area contributed by atoms with Gasteiger partial charge in [-0.25, -0.2) is 4.79 Å². The molecule has 0 fully saturated rings. The van der Waals surface area contributed by atoms with Crippen LogP contribution in [0, 0.1) is 6.92 Å². The second-order valence-corrected chi connectivity index (χ2v) is 8.23. The van der Waals surface area contributed by atoms with Gasteiger partial charge in [-0.1, -0.05) is 59.6 Å². The van der Waals surface area contributed by atoms with Crippen molar-refractivity contribution in [3.05, 3.63) is 101 Å². The Kier molecular flexibility index (Phi) is 6.99. The molecule has 4 rings (SSSR count). The van der Waals surface area contributed by atoms with E-state index in [0.717, 1.165) is 21.9 Å². The molecule has 0 atom stereocenters. The number of ether oxygens (including phenoxy) is 1. The van der Waals surface area contributed by atoms with Crippen LogP contribution in [0.5, 0.6) is 5.75 Å². The highest BCUT2D eigenvalue weighted by atomic mass is 35.5. The fraction of sp³-hybridized carbons (Fsp3) is 0.111. The maximum atomic E-state index is 12.4.